The van der Waals surface area contributed by atoms with Crippen molar-refractivity contribution in [1.82, 2.24) is 0 Å². The smallest absolute Gasteiger partial charge is 0.161 e. The minimum absolute atomic E-state index is 0.320. The molecule has 0 aliphatic heterocycles. The molecule has 1 aromatic carbocycles. The van der Waals surface area contributed by atoms with Crippen molar-refractivity contribution in [3.8, 4) is 11.5 Å². The summed E-state index contributed by atoms with van der Waals surface area (Å²) >= 11 is 4.38. The monoisotopic (exact) mass is 252 g/mol. The number of thiol groups is 1. The Labute approximate surface area is 109 Å². The second-order valence-corrected chi connectivity index (χ2v) is 5.06. The van der Waals surface area contributed by atoms with E-state index in [9.17, 15) is 0 Å². The molecule has 1 aliphatic rings. The molecule has 0 unspecified atom stereocenters. The molecule has 1 saturated carbocycles. The first kappa shape index (κ1) is 12.6. The van der Waals surface area contributed by atoms with Gasteiger partial charge < -0.3 is 9.47 Å². The molecule has 2 rings (SSSR count). The lowest BCUT2D eigenvalue weighted by atomic mass is 10.2. The van der Waals surface area contributed by atoms with Gasteiger partial charge >= 0.3 is 0 Å². The molecule has 1 aromatic rings. The Kier molecular flexibility index (Phi) is 4.21. The van der Waals surface area contributed by atoms with Crippen LogP contribution in [0, 0.1) is 5.41 Å². The topological polar surface area (TPSA) is 18.5 Å². The predicted molar refractivity (Wildman–Crippen MR) is 73.2 cm³/mol. The van der Waals surface area contributed by atoms with Crippen LogP contribution in [0.5, 0.6) is 11.5 Å². The number of ether oxygens (including phenoxy) is 2. The maximum absolute atomic E-state index is 5.88. The van der Waals surface area contributed by atoms with Crippen LogP contribution in [0.4, 0.5) is 0 Å². The quantitative estimate of drug-likeness (QED) is 0.748. The maximum atomic E-state index is 5.88. The molecule has 3 heteroatoms. The van der Waals surface area contributed by atoms with Gasteiger partial charge in [0, 0.05) is 5.41 Å². The van der Waals surface area contributed by atoms with Crippen LogP contribution in [-0.4, -0.2) is 19.0 Å². The van der Waals surface area contributed by atoms with E-state index in [4.69, 9.17) is 9.47 Å². The molecule has 2 nitrogen and oxygen atoms in total. The minimum Gasteiger partial charge on any atom is -0.490 e. The fourth-order valence-corrected chi connectivity index (χ4v) is 2.06. The van der Waals surface area contributed by atoms with Gasteiger partial charge in [-0.05, 0) is 37.1 Å². The van der Waals surface area contributed by atoms with Crippen LogP contribution in [0.2, 0.25) is 0 Å². The van der Waals surface area contributed by atoms with Crippen molar-refractivity contribution in [2.75, 3.05) is 19.0 Å². The van der Waals surface area contributed by atoms with Gasteiger partial charge in [0.1, 0.15) is 0 Å². The molecule has 17 heavy (non-hydrogen) atoms. The van der Waals surface area contributed by atoms with Crippen molar-refractivity contribution in [3.63, 3.8) is 0 Å². The summed E-state index contributed by atoms with van der Waals surface area (Å²) in [6.07, 6.45) is 3.47. The fraction of sp³-hybridized carbons (Fsp3) is 0.571. The highest BCUT2D eigenvalue weighted by atomic mass is 32.1. The zero-order chi connectivity index (χ0) is 12.1. The van der Waals surface area contributed by atoms with Crippen molar-refractivity contribution < 1.29 is 9.47 Å². The molecule has 0 aromatic heterocycles. The van der Waals surface area contributed by atoms with E-state index in [0.29, 0.717) is 5.41 Å². The van der Waals surface area contributed by atoms with E-state index >= 15 is 0 Å². The zero-order valence-electron chi connectivity index (χ0n) is 10.3. The predicted octanol–water partition coefficient (Wildman–Crippen LogP) is 3.56. The standard InChI is InChI=1S/C14H20O2S/c1-2-9-15-12-5-3-4-6-13(12)16-10-14(11-17)7-8-14/h3-6,17H,2,7-11H2,1H3. The van der Waals surface area contributed by atoms with E-state index in [1.807, 2.05) is 24.3 Å². The molecular weight excluding hydrogens is 232 g/mol. The number of hydrogen-bond acceptors (Lipinski definition) is 3. The largest absolute Gasteiger partial charge is 0.490 e. The summed E-state index contributed by atoms with van der Waals surface area (Å²) in [5.41, 5.74) is 0.320. The van der Waals surface area contributed by atoms with Crippen LogP contribution >= 0.6 is 12.6 Å². The first-order valence-corrected chi connectivity index (χ1v) is 6.88. The molecule has 0 radical (unpaired) electrons. The van der Waals surface area contributed by atoms with Gasteiger partial charge in [-0.25, -0.2) is 0 Å². The summed E-state index contributed by atoms with van der Waals surface area (Å²) in [6.45, 7) is 3.59. The van der Waals surface area contributed by atoms with E-state index in [-0.39, 0.29) is 0 Å². The number of para-hydroxylation sites is 2. The van der Waals surface area contributed by atoms with E-state index in [1.165, 1.54) is 12.8 Å². The average Bonchev–Trinajstić information content (AvgIpc) is 3.15. The molecular formula is C14H20O2S. The molecule has 0 heterocycles. The first-order chi connectivity index (χ1) is 8.29. The lowest BCUT2D eigenvalue weighted by molar-refractivity contribution is 0.229. The van der Waals surface area contributed by atoms with Gasteiger partial charge in [0.2, 0.25) is 0 Å². The maximum Gasteiger partial charge on any atom is 0.161 e. The zero-order valence-corrected chi connectivity index (χ0v) is 11.2. The van der Waals surface area contributed by atoms with Crippen LogP contribution < -0.4 is 9.47 Å². The Morgan fingerprint density at radius 3 is 2.35 bits per heavy atom. The Bertz CT molecular complexity index is 361. The summed E-state index contributed by atoms with van der Waals surface area (Å²) in [6, 6.07) is 7.89. The Morgan fingerprint density at radius 1 is 1.18 bits per heavy atom. The van der Waals surface area contributed by atoms with Gasteiger partial charge in [0.05, 0.1) is 13.2 Å². The lowest BCUT2D eigenvalue weighted by Crippen LogP contribution is -2.15. The van der Waals surface area contributed by atoms with Crippen LogP contribution in [0.25, 0.3) is 0 Å². The minimum atomic E-state index is 0.320. The molecule has 0 saturated heterocycles. The van der Waals surface area contributed by atoms with Crippen LogP contribution in [0.3, 0.4) is 0 Å². The summed E-state index contributed by atoms with van der Waals surface area (Å²) in [4.78, 5) is 0. The van der Waals surface area contributed by atoms with E-state index in [0.717, 1.165) is 36.9 Å². The summed E-state index contributed by atoms with van der Waals surface area (Å²) in [5, 5.41) is 0. The van der Waals surface area contributed by atoms with Crippen molar-refractivity contribution >= 4 is 12.6 Å². The van der Waals surface area contributed by atoms with E-state index in [1.54, 1.807) is 0 Å². The van der Waals surface area contributed by atoms with Gasteiger partial charge in [-0.3, -0.25) is 0 Å². The van der Waals surface area contributed by atoms with Gasteiger partial charge in [-0.15, -0.1) is 0 Å². The molecule has 1 aliphatic carbocycles. The van der Waals surface area contributed by atoms with Gasteiger partial charge in [-0.1, -0.05) is 19.1 Å². The molecule has 0 atom stereocenters. The molecule has 0 N–H and O–H groups in total. The highest BCUT2D eigenvalue weighted by Crippen LogP contribution is 2.47. The molecule has 0 amide bonds. The Balaban J connectivity index is 1.94. The van der Waals surface area contributed by atoms with E-state index < -0.39 is 0 Å². The van der Waals surface area contributed by atoms with Crippen molar-refractivity contribution in [2.24, 2.45) is 5.41 Å². The van der Waals surface area contributed by atoms with Crippen molar-refractivity contribution in [2.45, 2.75) is 26.2 Å². The van der Waals surface area contributed by atoms with Gasteiger partial charge in [0.15, 0.2) is 11.5 Å². The third kappa shape index (κ3) is 3.32. The SMILES string of the molecule is CCCOc1ccccc1OCC1(CS)CC1. The molecule has 1 fully saturated rings. The highest BCUT2D eigenvalue weighted by Gasteiger charge is 2.42. The second-order valence-electron chi connectivity index (χ2n) is 4.74. The Hall–Kier alpha value is -0.830. The number of hydrogen-bond donors (Lipinski definition) is 1. The van der Waals surface area contributed by atoms with Crippen LogP contribution in [0.1, 0.15) is 26.2 Å². The van der Waals surface area contributed by atoms with E-state index in [2.05, 4.69) is 19.6 Å². The lowest BCUT2D eigenvalue weighted by Gasteiger charge is -2.16. The third-order valence-electron chi connectivity index (χ3n) is 3.14. The van der Waals surface area contributed by atoms with Crippen molar-refractivity contribution in [3.05, 3.63) is 24.3 Å². The number of rotatable bonds is 7. The Morgan fingerprint density at radius 2 is 1.82 bits per heavy atom. The average molecular weight is 252 g/mol. The highest BCUT2D eigenvalue weighted by molar-refractivity contribution is 7.80. The first-order valence-electron chi connectivity index (χ1n) is 6.25. The number of benzene rings is 1. The second kappa shape index (κ2) is 5.67. The fourth-order valence-electron chi connectivity index (χ4n) is 1.66. The van der Waals surface area contributed by atoms with Gasteiger partial charge in [-0.2, -0.15) is 12.6 Å². The third-order valence-corrected chi connectivity index (χ3v) is 3.81. The summed E-state index contributed by atoms with van der Waals surface area (Å²) in [7, 11) is 0. The normalized spacial score (nSPS) is 16.6. The summed E-state index contributed by atoms with van der Waals surface area (Å²) in [5.74, 6) is 2.61. The van der Waals surface area contributed by atoms with Crippen molar-refractivity contribution in [1.29, 1.82) is 0 Å². The summed E-state index contributed by atoms with van der Waals surface area (Å²) < 4.78 is 11.5. The van der Waals surface area contributed by atoms with Gasteiger partial charge in [0.25, 0.3) is 0 Å². The van der Waals surface area contributed by atoms with Crippen LogP contribution in [-0.2, 0) is 0 Å². The molecule has 94 valence electrons. The molecule has 0 spiro atoms. The van der Waals surface area contributed by atoms with Crippen LogP contribution in [0.15, 0.2) is 24.3 Å². The molecule has 0 bridgehead atoms.